The zero-order valence-corrected chi connectivity index (χ0v) is 14.0. The number of nitrogens with zero attached hydrogens (tertiary/aromatic N) is 1. The van der Waals surface area contributed by atoms with E-state index in [1.54, 1.807) is 11.3 Å². The number of hydrogen-bond donors (Lipinski definition) is 2. The van der Waals surface area contributed by atoms with E-state index in [4.69, 9.17) is 0 Å². The van der Waals surface area contributed by atoms with E-state index in [0.717, 1.165) is 25.6 Å². The summed E-state index contributed by atoms with van der Waals surface area (Å²) in [5.74, 6) is 0.890. The van der Waals surface area contributed by atoms with E-state index in [9.17, 15) is 4.79 Å². The molecule has 1 aromatic heterocycles. The van der Waals surface area contributed by atoms with Crippen molar-refractivity contribution in [1.29, 1.82) is 0 Å². The maximum atomic E-state index is 12.1. The van der Waals surface area contributed by atoms with Crippen LogP contribution in [0.2, 0.25) is 0 Å². The van der Waals surface area contributed by atoms with Crippen molar-refractivity contribution in [3.8, 4) is 0 Å². The molecule has 0 spiro atoms. The molecule has 0 radical (unpaired) electrons. The van der Waals surface area contributed by atoms with E-state index >= 15 is 0 Å². The van der Waals surface area contributed by atoms with Crippen molar-refractivity contribution < 1.29 is 4.79 Å². The van der Waals surface area contributed by atoms with Crippen molar-refractivity contribution in [2.45, 2.75) is 31.8 Å². The lowest BCUT2D eigenvalue weighted by molar-refractivity contribution is -0.123. The van der Waals surface area contributed by atoms with Crippen LogP contribution in [0.1, 0.15) is 30.7 Å². The number of amides is 1. The third-order valence-corrected chi connectivity index (χ3v) is 5.51. The van der Waals surface area contributed by atoms with Crippen LogP contribution in [0.5, 0.6) is 0 Å². The number of rotatable bonds is 4. The Bertz CT molecular complexity index is 454. The van der Waals surface area contributed by atoms with Gasteiger partial charge in [-0.1, -0.05) is 6.07 Å². The largest absolute Gasteiger partial charge is 0.348 e. The van der Waals surface area contributed by atoms with Gasteiger partial charge in [-0.2, -0.15) is 0 Å². The normalized spacial score (nSPS) is 26.7. The first-order valence-electron chi connectivity index (χ1n) is 7.51. The minimum atomic E-state index is 0. The number of fused-ring (bicyclic) bond motifs is 1. The molecule has 6 heteroatoms. The van der Waals surface area contributed by atoms with E-state index in [0.29, 0.717) is 12.6 Å². The monoisotopic (exact) mass is 329 g/mol. The van der Waals surface area contributed by atoms with Crippen LogP contribution in [0.4, 0.5) is 0 Å². The van der Waals surface area contributed by atoms with Crippen LogP contribution >= 0.6 is 23.7 Å². The number of carbonyl (C=O) groups excluding carboxylic acids is 1. The van der Waals surface area contributed by atoms with Crippen molar-refractivity contribution in [3.05, 3.63) is 22.4 Å². The first kappa shape index (κ1) is 16.7. The lowest BCUT2D eigenvalue weighted by atomic mass is 9.93. The van der Waals surface area contributed by atoms with Gasteiger partial charge in [0.05, 0.1) is 12.6 Å². The number of nitrogens with one attached hydrogen (secondary N) is 2. The van der Waals surface area contributed by atoms with Crippen LogP contribution in [0.25, 0.3) is 0 Å². The average molecular weight is 330 g/mol. The Kier molecular flexibility index (Phi) is 6.05. The van der Waals surface area contributed by atoms with Gasteiger partial charge in [0.25, 0.3) is 0 Å². The van der Waals surface area contributed by atoms with E-state index in [-0.39, 0.29) is 24.4 Å². The zero-order chi connectivity index (χ0) is 13.9. The van der Waals surface area contributed by atoms with Gasteiger partial charge in [0, 0.05) is 24.0 Å². The van der Waals surface area contributed by atoms with Gasteiger partial charge in [0.15, 0.2) is 0 Å². The number of likely N-dealkylation sites (tertiary alicyclic amines) is 1. The summed E-state index contributed by atoms with van der Waals surface area (Å²) >= 11 is 1.70. The molecule has 2 N–H and O–H groups in total. The highest BCUT2D eigenvalue weighted by Gasteiger charge is 2.33. The molecule has 0 aromatic carbocycles. The lowest BCUT2D eigenvalue weighted by Gasteiger charge is -2.34. The fourth-order valence-corrected chi connectivity index (χ4v) is 4.10. The van der Waals surface area contributed by atoms with Gasteiger partial charge in [-0.15, -0.1) is 23.7 Å². The summed E-state index contributed by atoms with van der Waals surface area (Å²) in [6, 6.07) is 4.92. The second-order valence-electron chi connectivity index (χ2n) is 5.94. The first-order valence-corrected chi connectivity index (χ1v) is 8.39. The molecule has 0 saturated carbocycles. The minimum Gasteiger partial charge on any atom is -0.348 e. The SMILES string of the molecule is CC(NC(=O)CN1CCC2NCCC2C1)c1cccs1.Cl. The van der Waals surface area contributed by atoms with Crippen LogP contribution in [0.3, 0.4) is 0 Å². The first-order chi connectivity index (χ1) is 9.72. The fraction of sp³-hybridized carbons (Fsp3) is 0.667. The summed E-state index contributed by atoms with van der Waals surface area (Å²) in [4.78, 5) is 15.7. The predicted octanol–water partition coefficient (Wildman–Crippen LogP) is 2.03. The molecule has 3 rings (SSSR count). The fourth-order valence-electron chi connectivity index (χ4n) is 3.37. The number of halogens is 1. The molecular formula is C15H24ClN3OS. The standard InChI is InChI=1S/C15H23N3OS.ClH/c1-11(14-3-2-8-20-14)17-15(19)10-18-7-5-13-12(9-18)4-6-16-13;/h2-3,8,11-13,16H,4-7,9-10H2,1H3,(H,17,19);1H. The van der Waals surface area contributed by atoms with Gasteiger partial charge in [0.2, 0.25) is 5.91 Å². The smallest absolute Gasteiger partial charge is 0.234 e. The Morgan fingerprint density at radius 2 is 2.43 bits per heavy atom. The van der Waals surface area contributed by atoms with Gasteiger partial charge in [-0.25, -0.2) is 0 Å². The molecule has 0 bridgehead atoms. The average Bonchev–Trinajstić information content (AvgIpc) is 3.09. The van der Waals surface area contributed by atoms with Crippen LogP contribution in [-0.4, -0.2) is 43.0 Å². The van der Waals surface area contributed by atoms with Crippen LogP contribution in [0, 0.1) is 5.92 Å². The van der Waals surface area contributed by atoms with Crippen LogP contribution in [0.15, 0.2) is 17.5 Å². The molecule has 0 aliphatic carbocycles. The topological polar surface area (TPSA) is 44.4 Å². The number of piperidine rings is 1. The summed E-state index contributed by atoms with van der Waals surface area (Å²) in [6.07, 6.45) is 2.44. The quantitative estimate of drug-likeness (QED) is 0.888. The van der Waals surface area contributed by atoms with E-state index in [2.05, 4.69) is 33.9 Å². The second kappa shape index (κ2) is 7.58. The van der Waals surface area contributed by atoms with E-state index in [1.165, 1.54) is 17.7 Å². The van der Waals surface area contributed by atoms with Gasteiger partial charge in [0.1, 0.15) is 0 Å². The second-order valence-corrected chi connectivity index (χ2v) is 6.92. The molecule has 3 atom stereocenters. The van der Waals surface area contributed by atoms with Gasteiger partial charge in [-0.3, -0.25) is 9.69 Å². The molecule has 2 fully saturated rings. The van der Waals surface area contributed by atoms with E-state index in [1.807, 2.05) is 6.07 Å². The minimum absolute atomic E-state index is 0. The summed E-state index contributed by atoms with van der Waals surface area (Å²) in [5.41, 5.74) is 0. The molecule has 2 aliphatic heterocycles. The zero-order valence-electron chi connectivity index (χ0n) is 12.4. The highest BCUT2D eigenvalue weighted by molar-refractivity contribution is 7.10. The van der Waals surface area contributed by atoms with Crippen molar-refractivity contribution in [3.63, 3.8) is 0 Å². The lowest BCUT2D eigenvalue weighted by Crippen LogP contribution is -2.48. The molecule has 3 unspecified atom stereocenters. The maximum Gasteiger partial charge on any atom is 0.234 e. The van der Waals surface area contributed by atoms with E-state index < -0.39 is 0 Å². The third-order valence-electron chi connectivity index (χ3n) is 4.45. The van der Waals surface area contributed by atoms with Crippen molar-refractivity contribution in [1.82, 2.24) is 15.5 Å². The summed E-state index contributed by atoms with van der Waals surface area (Å²) in [5, 5.41) is 8.71. The summed E-state index contributed by atoms with van der Waals surface area (Å²) in [6.45, 7) is 5.84. The molecule has 4 nitrogen and oxygen atoms in total. The molecule has 3 heterocycles. The molecule has 118 valence electrons. The Hall–Kier alpha value is -0.620. The van der Waals surface area contributed by atoms with Crippen molar-refractivity contribution in [2.24, 2.45) is 5.92 Å². The van der Waals surface area contributed by atoms with Crippen molar-refractivity contribution in [2.75, 3.05) is 26.2 Å². The molecule has 2 aliphatic rings. The summed E-state index contributed by atoms with van der Waals surface area (Å²) < 4.78 is 0. The summed E-state index contributed by atoms with van der Waals surface area (Å²) in [7, 11) is 0. The number of thiophene rings is 1. The van der Waals surface area contributed by atoms with Gasteiger partial charge >= 0.3 is 0 Å². The maximum absolute atomic E-state index is 12.1. The van der Waals surface area contributed by atoms with Crippen LogP contribution in [-0.2, 0) is 4.79 Å². The molecular weight excluding hydrogens is 306 g/mol. The number of carbonyl (C=O) groups is 1. The highest BCUT2D eigenvalue weighted by atomic mass is 35.5. The Morgan fingerprint density at radius 3 is 3.19 bits per heavy atom. The molecule has 2 saturated heterocycles. The highest BCUT2D eigenvalue weighted by Crippen LogP contribution is 2.24. The molecule has 1 aromatic rings. The van der Waals surface area contributed by atoms with Gasteiger partial charge < -0.3 is 10.6 Å². The Morgan fingerprint density at radius 1 is 1.57 bits per heavy atom. The Balaban J connectivity index is 0.00000161. The van der Waals surface area contributed by atoms with Crippen molar-refractivity contribution >= 4 is 29.7 Å². The molecule has 21 heavy (non-hydrogen) atoms. The number of hydrogen-bond acceptors (Lipinski definition) is 4. The van der Waals surface area contributed by atoms with Crippen LogP contribution < -0.4 is 10.6 Å². The van der Waals surface area contributed by atoms with Gasteiger partial charge in [-0.05, 0) is 43.7 Å². The molecule has 1 amide bonds. The third kappa shape index (κ3) is 4.19. The predicted molar refractivity (Wildman–Crippen MR) is 89.1 cm³/mol. The Labute approximate surface area is 136 Å².